The Morgan fingerprint density at radius 3 is 2.48 bits per heavy atom. The van der Waals surface area contributed by atoms with Crippen molar-refractivity contribution in [3.63, 3.8) is 0 Å². The molecule has 25 heavy (non-hydrogen) atoms. The fraction of sp³-hybridized carbons (Fsp3) is 0.263. The molecule has 0 spiro atoms. The SMILES string of the molecule is CCN(C)C(=O)Cn1cc(C)c2ncc(-c3cc(F)cc(F)c3)cc21. The van der Waals surface area contributed by atoms with Crippen LogP contribution in [0.2, 0.25) is 0 Å². The number of aryl methyl sites for hydroxylation is 1. The van der Waals surface area contributed by atoms with Gasteiger partial charge in [-0.2, -0.15) is 0 Å². The van der Waals surface area contributed by atoms with Crippen LogP contribution in [0.5, 0.6) is 0 Å². The summed E-state index contributed by atoms with van der Waals surface area (Å²) in [4.78, 5) is 18.3. The number of nitrogens with zero attached hydrogens (tertiary/aromatic N) is 3. The summed E-state index contributed by atoms with van der Waals surface area (Å²) in [7, 11) is 1.75. The van der Waals surface area contributed by atoms with Gasteiger partial charge in [0.15, 0.2) is 0 Å². The number of hydrogen-bond donors (Lipinski definition) is 0. The molecular weight excluding hydrogens is 324 g/mol. The third kappa shape index (κ3) is 3.38. The van der Waals surface area contributed by atoms with E-state index in [1.807, 2.05) is 30.7 Å². The molecule has 0 saturated heterocycles. The molecule has 0 radical (unpaired) electrons. The Hall–Kier alpha value is -2.76. The zero-order valence-electron chi connectivity index (χ0n) is 14.4. The summed E-state index contributed by atoms with van der Waals surface area (Å²) in [6.45, 7) is 4.65. The number of halogens is 2. The van der Waals surface area contributed by atoms with E-state index in [2.05, 4.69) is 4.98 Å². The summed E-state index contributed by atoms with van der Waals surface area (Å²) in [6, 6.07) is 5.18. The van der Waals surface area contributed by atoms with E-state index in [0.717, 1.165) is 22.7 Å². The third-order valence-electron chi connectivity index (χ3n) is 4.30. The molecule has 0 aliphatic carbocycles. The van der Waals surface area contributed by atoms with Crippen molar-refractivity contribution in [3.8, 4) is 11.1 Å². The van der Waals surface area contributed by atoms with Gasteiger partial charge in [0.25, 0.3) is 0 Å². The van der Waals surface area contributed by atoms with Gasteiger partial charge < -0.3 is 9.47 Å². The Morgan fingerprint density at radius 2 is 1.84 bits per heavy atom. The summed E-state index contributed by atoms with van der Waals surface area (Å²) in [5.74, 6) is -1.29. The monoisotopic (exact) mass is 343 g/mol. The fourth-order valence-electron chi connectivity index (χ4n) is 2.79. The number of aromatic nitrogens is 2. The molecule has 4 nitrogen and oxygen atoms in total. The lowest BCUT2D eigenvalue weighted by molar-refractivity contribution is -0.130. The minimum atomic E-state index is -0.638. The normalized spacial score (nSPS) is 11.1. The van der Waals surface area contributed by atoms with Crippen LogP contribution in [0, 0.1) is 18.6 Å². The van der Waals surface area contributed by atoms with Crippen molar-refractivity contribution in [2.75, 3.05) is 13.6 Å². The quantitative estimate of drug-likeness (QED) is 0.723. The second kappa shape index (κ2) is 6.63. The summed E-state index contributed by atoms with van der Waals surface area (Å²) in [5.41, 5.74) is 3.49. The molecular formula is C19H19F2N3O. The van der Waals surface area contributed by atoms with Gasteiger partial charge in [0.05, 0.1) is 11.0 Å². The van der Waals surface area contributed by atoms with Gasteiger partial charge in [-0.1, -0.05) is 0 Å². The van der Waals surface area contributed by atoms with Crippen molar-refractivity contribution >= 4 is 16.9 Å². The van der Waals surface area contributed by atoms with E-state index in [0.29, 0.717) is 17.7 Å². The van der Waals surface area contributed by atoms with Crippen LogP contribution < -0.4 is 0 Å². The van der Waals surface area contributed by atoms with Crippen LogP contribution in [-0.2, 0) is 11.3 Å². The van der Waals surface area contributed by atoms with E-state index in [1.54, 1.807) is 18.1 Å². The Bertz CT molecular complexity index is 929. The van der Waals surface area contributed by atoms with Crippen LogP contribution in [0.1, 0.15) is 12.5 Å². The van der Waals surface area contributed by atoms with Crippen molar-refractivity contribution in [3.05, 3.63) is 53.9 Å². The summed E-state index contributed by atoms with van der Waals surface area (Å²) >= 11 is 0. The molecule has 3 aromatic rings. The maximum absolute atomic E-state index is 13.5. The number of carbonyl (C=O) groups excluding carboxylic acids is 1. The standard InChI is InChI=1S/C19H19F2N3O/c1-4-23(3)18(25)11-24-10-12(2)19-17(24)7-14(9-22-19)13-5-15(20)8-16(21)6-13/h5-10H,4,11H2,1-3H3. The molecule has 0 N–H and O–H groups in total. The second-order valence-electron chi connectivity index (χ2n) is 6.10. The molecule has 0 fully saturated rings. The highest BCUT2D eigenvalue weighted by Gasteiger charge is 2.14. The van der Waals surface area contributed by atoms with Crippen LogP contribution >= 0.6 is 0 Å². The zero-order valence-corrected chi connectivity index (χ0v) is 14.4. The van der Waals surface area contributed by atoms with Gasteiger partial charge in [-0.25, -0.2) is 8.78 Å². The summed E-state index contributed by atoms with van der Waals surface area (Å²) in [5, 5.41) is 0. The Kier molecular flexibility index (Phi) is 4.53. The van der Waals surface area contributed by atoms with Gasteiger partial charge in [0, 0.05) is 37.6 Å². The van der Waals surface area contributed by atoms with Gasteiger partial charge in [-0.05, 0) is 43.2 Å². The maximum Gasteiger partial charge on any atom is 0.242 e. The average Bonchev–Trinajstić information content (AvgIpc) is 2.88. The summed E-state index contributed by atoms with van der Waals surface area (Å²) < 4.78 is 28.8. The Morgan fingerprint density at radius 1 is 1.16 bits per heavy atom. The van der Waals surface area contributed by atoms with E-state index >= 15 is 0 Å². The first-order valence-electron chi connectivity index (χ1n) is 8.05. The minimum absolute atomic E-state index is 0.0124. The van der Waals surface area contributed by atoms with Crippen LogP contribution in [0.25, 0.3) is 22.2 Å². The number of likely N-dealkylation sites (N-methyl/N-ethyl adjacent to an activating group) is 1. The molecule has 130 valence electrons. The van der Waals surface area contributed by atoms with Gasteiger partial charge in [0.2, 0.25) is 5.91 Å². The molecule has 1 aromatic carbocycles. The molecule has 6 heteroatoms. The topological polar surface area (TPSA) is 38.1 Å². The molecule has 0 saturated carbocycles. The minimum Gasteiger partial charge on any atom is -0.344 e. The number of pyridine rings is 1. The van der Waals surface area contributed by atoms with E-state index < -0.39 is 11.6 Å². The second-order valence-corrected chi connectivity index (χ2v) is 6.10. The van der Waals surface area contributed by atoms with Gasteiger partial charge in [0.1, 0.15) is 18.2 Å². The van der Waals surface area contributed by atoms with E-state index in [1.165, 1.54) is 12.1 Å². The largest absolute Gasteiger partial charge is 0.344 e. The van der Waals surface area contributed by atoms with Gasteiger partial charge >= 0.3 is 0 Å². The molecule has 0 unspecified atom stereocenters. The van der Waals surface area contributed by atoms with Crippen LogP contribution in [0.4, 0.5) is 8.78 Å². The first-order chi connectivity index (χ1) is 11.9. The lowest BCUT2D eigenvalue weighted by atomic mass is 10.1. The van der Waals surface area contributed by atoms with Crippen molar-refractivity contribution in [2.45, 2.75) is 20.4 Å². The number of carbonyl (C=O) groups is 1. The number of hydrogen-bond acceptors (Lipinski definition) is 2. The van der Waals surface area contributed by atoms with E-state index in [9.17, 15) is 13.6 Å². The van der Waals surface area contributed by atoms with Gasteiger partial charge in [-0.3, -0.25) is 9.78 Å². The molecule has 3 rings (SSSR count). The highest BCUT2D eigenvalue weighted by Crippen LogP contribution is 2.26. The predicted molar refractivity (Wildman–Crippen MR) is 93.1 cm³/mol. The molecule has 0 bridgehead atoms. The molecule has 2 heterocycles. The van der Waals surface area contributed by atoms with Crippen molar-refractivity contribution < 1.29 is 13.6 Å². The highest BCUT2D eigenvalue weighted by atomic mass is 19.1. The number of rotatable bonds is 4. The zero-order chi connectivity index (χ0) is 18.1. The van der Waals surface area contributed by atoms with E-state index in [4.69, 9.17) is 0 Å². The molecule has 0 atom stereocenters. The molecule has 0 aliphatic rings. The van der Waals surface area contributed by atoms with Crippen molar-refractivity contribution in [1.82, 2.24) is 14.5 Å². The first kappa shape index (κ1) is 17.1. The Balaban J connectivity index is 2.07. The van der Waals surface area contributed by atoms with E-state index in [-0.39, 0.29) is 12.5 Å². The van der Waals surface area contributed by atoms with Crippen LogP contribution in [-0.4, -0.2) is 34.0 Å². The highest BCUT2D eigenvalue weighted by molar-refractivity contribution is 5.86. The van der Waals surface area contributed by atoms with Crippen molar-refractivity contribution in [1.29, 1.82) is 0 Å². The number of fused-ring (bicyclic) bond motifs is 1. The predicted octanol–water partition coefficient (Wildman–Crippen LogP) is 3.77. The van der Waals surface area contributed by atoms with Crippen molar-refractivity contribution in [2.24, 2.45) is 0 Å². The first-order valence-corrected chi connectivity index (χ1v) is 8.05. The average molecular weight is 343 g/mol. The fourth-order valence-corrected chi connectivity index (χ4v) is 2.79. The number of amides is 1. The van der Waals surface area contributed by atoms with Gasteiger partial charge in [-0.15, -0.1) is 0 Å². The van der Waals surface area contributed by atoms with Crippen LogP contribution in [0.3, 0.4) is 0 Å². The molecule has 0 aliphatic heterocycles. The lowest BCUT2D eigenvalue weighted by Crippen LogP contribution is -2.29. The maximum atomic E-state index is 13.5. The van der Waals surface area contributed by atoms with Crippen LogP contribution in [0.15, 0.2) is 36.7 Å². The lowest BCUT2D eigenvalue weighted by Gasteiger charge is -2.15. The summed E-state index contributed by atoms with van der Waals surface area (Å²) in [6.07, 6.45) is 3.46. The molecule has 1 amide bonds. The number of benzene rings is 1. The third-order valence-corrected chi connectivity index (χ3v) is 4.30. The smallest absolute Gasteiger partial charge is 0.242 e. The Labute approximate surface area is 144 Å². The molecule has 2 aromatic heterocycles.